The van der Waals surface area contributed by atoms with Gasteiger partial charge in [-0.1, -0.05) is 17.7 Å². The van der Waals surface area contributed by atoms with Crippen molar-refractivity contribution in [1.82, 2.24) is 4.90 Å². The lowest BCUT2D eigenvalue weighted by molar-refractivity contribution is -0.125. The van der Waals surface area contributed by atoms with Gasteiger partial charge in [0.1, 0.15) is 11.6 Å². The first-order valence-corrected chi connectivity index (χ1v) is 6.35. The molecule has 2 aromatic rings. The van der Waals surface area contributed by atoms with Crippen molar-refractivity contribution in [2.75, 3.05) is 7.05 Å². The first kappa shape index (κ1) is 14.3. The fourth-order valence-corrected chi connectivity index (χ4v) is 1.89. The van der Waals surface area contributed by atoms with Crippen molar-refractivity contribution in [1.29, 1.82) is 0 Å². The van der Waals surface area contributed by atoms with E-state index in [9.17, 15) is 9.18 Å². The van der Waals surface area contributed by atoms with Gasteiger partial charge in [0.25, 0.3) is 0 Å². The highest BCUT2D eigenvalue weighted by molar-refractivity contribution is 6.31. The molecule has 0 aliphatic heterocycles. The van der Waals surface area contributed by atoms with E-state index in [4.69, 9.17) is 16.0 Å². The third-order valence-electron chi connectivity index (χ3n) is 2.77. The Morgan fingerprint density at radius 2 is 2.20 bits per heavy atom. The highest BCUT2D eigenvalue weighted by atomic mass is 35.5. The fourth-order valence-electron chi connectivity index (χ4n) is 1.67. The minimum atomic E-state index is -0.424. The van der Waals surface area contributed by atoms with Crippen LogP contribution in [0.15, 0.2) is 47.1 Å². The van der Waals surface area contributed by atoms with E-state index in [1.165, 1.54) is 29.4 Å². The number of halogens is 2. The summed E-state index contributed by atoms with van der Waals surface area (Å²) < 4.78 is 18.7. The molecule has 0 saturated heterocycles. The number of likely N-dealkylation sites (N-methyl/N-ethyl adjacent to an activating group) is 1. The van der Waals surface area contributed by atoms with Crippen LogP contribution in [0.2, 0.25) is 5.02 Å². The van der Waals surface area contributed by atoms with Crippen LogP contribution in [-0.2, 0) is 11.3 Å². The Hall–Kier alpha value is -2.07. The predicted molar refractivity (Wildman–Crippen MR) is 75.6 cm³/mol. The zero-order valence-electron chi connectivity index (χ0n) is 10.8. The minimum Gasteiger partial charge on any atom is -0.465 e. The fraction of sp³-hybridized carbons (Fsp3) is 0.133. The van der Waals surface area contributed by atoms with Gasteiger partial charge in [0.15, 0.2) is 0 Å². The molecule has 1 heterocycles. The summed E-state index contributed by atoms with van der Waals surface area (Å²) in [5.41, 5.74) is 0.302. The highest BCUT2D eigenvalue weighted by Gasteiger charge is 2.12. The first-order chi connectivity index (χ1) is 9.58. The largest absolute Gasteiger partial charge is 0.465 e. The van der Waals surface area contributed by atoms with E-state index in [0.717, 1.165) is 0 Å². The van der Waals surface area contributed by atoms with Gasteiger partial charge in [0.05, 0.1) is 6.26 Å². The van der Waals surface area contributed by atoms with Gasteiger partial charge >= 0.3 is 0 Å². The molecule has 0 aliphatic carbocycles. The smallest absolute Gasteiger partial charge is 0.246 e. The molecule has 0 radical (unpaired) electrons. The maximum atomic E-state index is 13.6. The monoisotopic (exact) mass is 293 g/mol. The van der Waals surface area contributed by atoms with E-state index in [2.05, 4.69) is 0 Å². The number of benzene rings is 1. The van der Waals surface area contributed by atoms with E-state index >= 15 is 0 Å². The number of carbonyl (C=O) groups is 1. The summed E-state index contributed by atoms with van der Waals surface area (Å²) in [5.74, 6) is -0.108. The van der Waals surface area contributed by atoms with Gasteiger partial charge in [-0.15, -0.1) is 0 Å². The summed E-state index contributed by atoms with van der Waals surface area (Å²) >= 11 is 5.93. The van der Waals surface area contributed by atoms with Crippen molar-refractivity contribution in [3.05, 3.63) is 64.8 Å². The zero-order valence-corrected chi connectivity index (χ0v) is 11.6. The molecule has 1 amide bonds. The quantitative estimate of drug-likeness (QED) is 0.805. The Morgan fingerprint density at radius 1 is 1.40 bits per heavy atom. The first-order valence-electron chi connectivity index (χ1n) is 5.97. The van der Waals surface area contributed by atoms with Gasteiger partial charge in [0, 0.05) is 30.3 Å². The highest BCUT2D eigenvalue weighted by Crippen LogP contribution is 2.20. The molecule has 0 N–H and O–H groups in total. The number of hydrogen-bond donors (Lipinski definition) is 0. The summed E-state index contributed by atoms with van der Waals surface area (Å²) in [6, 6.07) is 7.90. The number of hydrogen-bond acceptors (Lipinski definition) is 2. The lowest BCUT2D eigenvalue weighted by Gasteiger charge is -2.16. The van der Waals surface area contributed by atoms with Gasteiger partial charge in [-0.25, -0.2) is 4.39 Å². The molecule has 1 aromatic heterocycles. The van der Waals surface area contributed by atoms with Gasteiger partial charge < -0.3 is 9.32 Å². The number of amides is 1. The molecule has 2 rings (SSSR count). The van der Waals surface area contributed by atoms with E-state index in [-0.39, 0.29) is 12.5 Å². The predicted octanol–water partition coefficient (Wildman–Crippen LogP) is 3.74. The number of nitrogens with zero attached hydrogens (tertiary/aromatic N) is 1. The molecule has 0 fully saturated rings. The van der Waals surface area contributed by atoms with Crippen LogP contribution in [0.3, 0.4) is 0 Å². The third kappa shape index (κ3) is 3.48. The van der Waals surface area contributed by atoms with Crippen molar-refractivity contribution in [2.45, 2.75) is 6.54 Å². The summed E-state index contributed by atoms with van der Waals surface area (Å²) in [4.78, 5) is 13.3. The normalized spacial score (nSPS) is 10.9. The topological polar surface area (TPSA) is 33.5 Å². The molecule has 0 atom stereocenters. The average Bonchev–Trinajstić information content (AvgIpc) is 2.93. The Morgan fingerprint density at radius 3 is 2.85 bits per heavy atom. The molecular weight excluding hydrogens is 281 g/mol. The zero-order chi connectivity index (χ0) is 14.5. The van der Waals surface area contributed by atoms with E-state index in [0.29, 0.717) is 16.3 Å². The lowest BCUT2D eigenvalue weighted by Crippen LogP contribution is -2.24. The van der Waals surface area contributed by atoms with E-state index < -0.39 is 5.82 Å². The van der Waals surface area contributed by atoms with Gasteiger partial charge in [-0.05, 0) is 30.3 Å². The Bertz CT molecular complexity index is 603. The summed E-state index contributed by atoms with van der Waals surface area (Å²) in [5, 5.41) is 0.305. The van der Waals surface area contributed by atoms with E-state index in [1.54, 1.807) is 31.3 Å². The van der Waals surface area contributed by atoms with Crippen molar-refractivity contribution in [3.63, 3.8) is 0 Å². The van der Waals surface area contributed by atoms with Crippen molar-refractivity contribution in [2.24, 2.45) is 0 Å². The third-order valence-corrected chi connectivity index (χ3v) is 3.12. The molecule has 0 aliphatic rings. The summed E-state index contributed by atoms with van der Waals surface area (Å²) in [6.07, 6.45) is 4.45. The van der Waals surface area contributed by atoms with Crippen LogP contribution in [0, 0.1) is 5.82 Å². The Kier molecular flexibility index (Phi) is 4.58. The van der Waals surface area contributed by atoms with Gasteiger partial charge in [-0.2, -0.15) is 0 Å². The molecule has 0 unspecified atom stereocenters. The SMILES string of the molecule is CN(Cc1c(F)cccc1Cl)C(=O)/C=C/c1ccco1. The van der Waals surface area contributed by atoms with Crippen LogP contribution in [0.1, 0.15) is 11.3 Å². The van der Waals surface area contributed by atoms with Crippen LogP contribution in [0.4, 0.5) is 4.39 Å². The molecular formula is C15H13ClFNO2. The summed E-state index contributed by atoms with van der Waals surface area (Å²) in [6.45, 7) is 0.104. The van der Waals surface area contributed by atoms with Crippen LogP contribution >= 0.6 is 11.6 Å². The Balaban J connectivity index is 2.04. The van der Waals surface area contributed by atoms with Crippen molar-refractivity contribution in [3.8, 4) is 0 Å². The second kappa shape index (κ2) is 6.39. The standard InChI is InChI=1S/C15H13ClFNO2/c1-18(10-12-13(16)5-2-6-14(12)17)15(19)8-7-11-4-3-9-20-11/h2-9H,10H2,1H3/b8-7+. The van der Waals surface area contributed by atoms with Crippen LogP contribution in [0.5, 0.6) is 0 Å². The van der Waals surface area contributed by atoms with Crippen molar-refractivity contribution >= 4 is 23.6 Å². The number of carbonyl (C=O) groups excluding carboxylic acids is 1. The number of furan rings is 1. The van der Waals surface area contributed by atoms with E-state index in [1.807, 2.05) is 0 Å². The molecule has 104 valence electrons. The average molecular weight is 294 g/mol. The molecule has 20 heavy (non-hydrogen) atoms. The second-order valence-corrected chi connectivity index (χ2v) is 4.65. The van der Waals surface area contributed by atoms with Crippen LogP contribution in [0.25, 0.3) is 6.08 Å². The van der Waals surface area contributed by atoms with Crippen molar-refractivity contribution < 1.29 is 13.6 Å². The maximum absolute atomic E-state index is 13.6. The summed E-state index contributed by atoms with van der Waals surface area (Å²) in [7, 11) is 1.58. The van der Waals surface area contributed by atoms with Crippen LogP contribution in [-0.4, -0.2) is 17.9 Å². The molecule has 5 heteroatoms. The van der Waals surface area contributed by atoms with Gasteiger partial charge in [0.2, 0.25) is 5.91 Å². The van der Waals surface area contributed by atoms with Crippen LogP contribution < -0.4 is 0 Å². The molecule has 1 aromatic carbocycles. The molecule has 3 nitrogen and oxygen atoms in total. The second-order valence-electron chi connectivity index (χ2n) is 4.24. The molecule has 0 bridgehead atoms. The molecule has 0 saturated carbocycles. The maximum Gasteiger partial charge on any atom is 0.246 e. The molecule has 0 spiro atoms. The number of rotatable bonds is 4. The van der Waals surface area contributed by atoms with Gasteiger partial charge in [-0.3, -0.25) is 4.79 Å². The minimum absolute atomic E-state index is 0.104. The lowest BCUT2D eigenvalue weighted by atomic mass is 10.2. The Labute approximate surface area is 121 Å².